The number of fused-ring (bicyclic) bond motifs is 1. The average molecular weight is 330 g/mol. The standard InChI is InChI=1S/C15H11FN4O4/c1-7-14(21)20-12-11(4-5-17-13(12)18-7)24-8-2-3-10(9(16)6-8)19-15(22)23/h2-6,19H,1H3,(H,20,21)(H,22,23). The number of aromatic amines is 1. The minimum atomic E-state index is -1.37. The zero-order valence-corrected chi connectivity index (χ0v) is 12.3. The van der Waals surface area contributed by atoms with Crippen LogP contribution in [0.5, 0.6) is 11.5 Å². The molecule has 24 heavy (non-hydrogen) atoms. The molecule has 2 aromatic heterocycles. The van der Waals surface area contributed by atoms with E-state index < -0.39 is 11.9 Å². The van der Waals surface area contributed by atoms with Gasteiger partial charge in [0.1, 0.15) is 17.0 Å². The second kappa shape index (κ2) is 5.95. The summed E-state index contributed by atoms with van der Waals surface area (Å²) in [5.41, 5.74) is 0.255. The Kier molecular flexibility index (Phi) is 3.82. The molecule has 0 spiro atoms. The number of benzene rings is 1. The third-order valence-corrected chi connectivity index (χ3v) is 3.14. The lowest BCUT2D eigenvalue weighted by atomic mass is 10.3. The van der Waals surface area contributed by atoms with Crippen molar-refractivity contribution in [1.82, 2.24) is 15.0 Å². The number of rotatable bonds is 3. The van der Waals surface area contributed by atoms with Crippen LogP contribution in [0.25, 0.3) is 11.2 Å². The van der Waals surface area contributed by atoms with Crippen molar-refractivity contribution in [2.24, 2.45) is 0 Å². The van der Waals surface area contributed by atoms with Gasteiger partial charge in [-0.05, 0) is 19.1 Å². The summed E-state index contributed by atoms with van der Waals surface area (Å²) in [7, 11) is 0. The third kappa shape index (κ3) is 3.00. The van der Waals surface area contributed by atoms with Gasteiger partial charge < -0.3 is 14.8 Å². The molecule has 0 aliphatic carbocycles. The summed E-state index contributed by atoms with van der Waals surface area (Å²) in [6.07, 6.45) is 0.0702. The van der Waals surface area contributed by atoms with Crippen molar-refractivity contribution in [3.05, 3.63) is 52.3 Å². The normalized spacial score (nSPS) is 10.6. The van der Waals surface area contributed by atoms with E-state index in [0.717, 1.165) is 6.07 Å². The van der Waals surface area contributed by atoms with Crippen LogP contribution in [0.4, 0.5) is 14.9 Å². The minimum Gasteiger partial charge on any atom is -0.465 e. The number of pyridine rings is 1. The fourth-order valence-electron chi connectivity index (χ4n) is 2.04. The average Bonchev–Trinajstić information content (AvgIpc) is 2.51. The smallest absolute Gasteiger partial charge is 0.409 e. The number of hydrogen-bond donors (Lipinski definition) is 3. The van der Waals surface area contributed by atoms with E-state index in [1.54, 1.807) is 6.92 Å². The summed E-state index contributed by atoms with van der Waals surface area (Å²) in [5.74, 6) is -0.434. The fourth-order valence-corrected chi connectivity index (χ4v) is 2.04. The van der Waals surface area contributed by atoms with Gasteiger partial charge in [-0.3, -0.25) is 10.1 Å². The molecule has 1 amide bonds. The number of aromatic nitrogens is 3. The van der Waals surface area contributed by atoms with Crippen LogP contribution in [0.2, 0.25) is 0 Å². The van der Waals surface area contributed by atoms with Crippen molar-refractivity contribution in [3.8, 4) is 11.5 Å². The maximum absolute atomic E-state index is 13.9. The first-order chi connectivity index (χ1) is 11.4. The molecule has 0 saturated carbocycles. The summed E-state index contributed by atoms with van der Waals surface area (Å²) in [4.78, 5) is 33.0. The second-order valence-corrected chi connectivity index (χ2v) is 4.83. The maximum atomic E-state index is 13.9. The first-order valence-electron chi connectivity index (χ1n) is 6.77. The molecule has 8 nitrogen and oxygen atoms in total. The zero-order chi connectivity index (χ0) is 17.3. The summed E-state index contributed by atoms with van der Waals surface area (Å²) in [5, 5.41) is 10.5. The van der Waals surface area contributed by atoms with Gasteiger partial charge in [0.05, 0.1) is 5.69 Å². The number of hydrogen-bond acceptors (Lipinski definition) is 5. The number of H-pyrrole nitrogens is 1. The van der Waals surface area contributed by atoms with Gasteiger partial charge in [-0.15, -0.1) is 0 Å². The van der Waals surface area contributed by atoms with Crippen LogP contribution in [0.15, 0.2) is 35.3 Å². The predicted molar refractivity (Wildman–Crippen MR) is 83.0 cm³/mol. The lowest BCUT2D eigenvalue weighted by Gasteiger charge is -2.09. The maximum Gasteiger partial charge on any atom is 0.409 e. The largest absolute Gasteiger partial charge is 0.465 e. The molecule has 3 N–H and O–H groups in total. The van der Waals surface area contributed by atoms with Crippen molar-refractivity contribution < 1.29 is 19.0 Å². The van der Waals surface area contributed by atoms with E-state index in [-0.39, 0.29) is 39.6 Å². The Hall–Kier alpha value is -3.49. The summed E-state index contributed by atoms with van der Waals surface area (Å²) in [6.45, 7) is 1.55. The number of carboxylic acid groups (broad SMARTS) is 1. The highest BCUT2D eigenvalue weighted by molar-refractivity contribution is 5.83. The number of halogens is 1. The van der Waals surface area contributed by atoms with E-state index in [9.17, 15) is 14.0 Å². The van der Waals surface area contributed by atoms with Gasteiger partial charge in [-0.2, -0.15) is 0 Å². The van der Waals surface area contributed by atoms with Crippen molar-refractivity contribution in [3.63, 3.8) is 0 Å². The van der Waals surface area contributed by atoms with Gasteiger partial charge in [0.25, 0.3) is 5.56 Å². The molecule has 9 heteroatoms. The molecule has 0 aliphatic heterocycles. The van der Waals surface area contributed by atoms with Crippen LogP contribution in [-0.2, 0) is 0 Å². The number of ether oxygens (including phenoxy) is 1. The molecular weight excluding hydrogens is 319 g/mol. The molecule has 0 aliphatic rings. The Morgan fingerprint density at radius 1 is 1.38 bits per heavy atom. The molecule has 0 atom stereocenters. The summed E-state index contributed by atoms with van der Waals surface area (Å²) >= 11 is 0. The molecular formula is C15H11FN4O4. The van der Waals surface area contributed by atoms with Crippen LogP contribution >= 0.6 is 0 Å². The van der Waals surface area contributed by atoms with Crippen molar-refractivity contribution >= 4 is 22.9 Å². The Balaban J connectivity index is 1.98. The zero-order valence-electron chi connectivity index (χ0n) is 12.3. The van der Waals surface area contributed by atoms with Crippen molar-refractivity contribution in [2.75, 3.05) is 5.32 Å². The van der Waals surface area contributed by atoms with Gasteiger partial charge in [0, 0.05) is 18.3 Å². The van der Waals surface area contributed by atoms with Crippen LogP contribution in [0, 0.1) is 12.7 Å². The monoisotopic (exact) mass is 330 g/mol. The number of aryl methyl sites for hydroxylation is 1. The molecule has 3 rings (SSSR count). The van der Waals surface area contributed by atoms with Gasteiger partial charge in [-0.1, -0.05) is 0 Å². The lowest BCUT2D eigenvalue weighted by Crippen LogP contribution is -2.12. The van der Waals surface area contributed by atoms with E-state index in [1.807, 2.05) is 5.32 Å². The van der Waals surface area contributed by atoms with Crippen LogP contribution in [0.1, 0.15) is 5.69 Å². The van der Waals surface area contributed by atoms with Crippen molar-refractivity contribution in [2.45, 2.75) is 6.92 Å². The molecule has 0 saturated heterocycles. The minimum absolute atomic E-state index is 0.123. The molecule has 0 unspecified atom stereocenters. The molecule has 0 bridgehead atoms. The highest BCUT2D eigenvalue weighted by Crippen LogP contribution is 2.28. The Morgan fingerprint density at radius 3 is 2.88 bits per heavy atom. The van der Waals surface area contributed by atoms with Gasteiger partial charge >= 0.3 is 6.09 Å². The topological polar surface area (TPSA) is 117 Å². The first-order valence-corrected chi connectivity index (χ1v) is 6.77. The number of amides is 1. The van der Waals surface area contributed by atoms with E-state index in [2.05, 4.69) is 15.0 Å². The van der Waals surface area contributed by atoms with Crippen molar-refractivity contribution in [1.29, 1.82) is 0 Å². The molecule has 3 aromatic rings. The second-order valence-electron chi connectivity index (χ2n) is 4.83. The summed E-state index contributed by atoms with van der Waals surface area (Å²) in [6, 6.07) is 5.14. The third-order valence-electron chi connectivity index (χ3n) is 3.14. The molecule has 0 radical (unpaired) electrons. The highest BCUT2D eigenvalue weighted by Gasteiger charge is 2.11. The van der Waals surface area contributed by atoms with E-state index >= 15 is 0 Å². The molecule has 2 heterocycles. The van der Waals surface area contributed by atoms with Crippen LogP contribution in [-0.4, -0.2) is 26.2 Å². The fraction of sp³-hybridized carbons (Fsp3) is 0.0667. The quantitative estimate of drug-likeness (QED) is 0.679. The van der Waals surface area contributed by atoms with Gasteiger partial charge in [0.2, 0.25) is 0 Å². The number of nitrogens with zero attached hydrogens (tertiary/aromatic N) is 2. The Morgan fingerprint density at radius 2 is 2.17 bits per heavy atom. The van der Waals surface area contributed by atoms with E-state index in [4.69, 9.17) is 9.84 Å². The van der Waals surface area contributed by atoms with E-state index in [0.29, 0.717) is 0 Å². The molecule has 0 fully saturated rings. The number of nitrogens with one attached hydrogen (secondary N) is 2. The Bertz CT molecular complexity index is 1000. The van der Waals surface area contributed by atoms with Gasteiger partial charge in [-0.25, -0.2) is 19.2 Å². The first kappa shape index (κ1) is 15.4. The molecule has 1 aromatic carbocycles. The highest BCUT2D eigenvalue weighted by atomic mass is 19.1. The lowest BCUT2D eigenvalue weighted by molar-refractivity contribution is 0.209. The molecule has 122 valence electrons. The Labute approximate surface area is 134 Å². The number of anilines is 1. The summed E-state index contributed by atoms with van der Waals surface area (Å²) < 4.78 is 19.4. The van der Waals surface area contributed by atoms with Gasteiger partial charge in [0.15, 0.2) is 17.2 Å². The van der Waals surface area contributed by atoms with Crippen LogP contribution in [0.3, 0.4) is 0 Å². The van der Waals surface area contributed by atoms with Crippen LogP contribution < -0.4 is 15.6 Å². The SMILES string of the molecule is Cc1nc2nccc(Oc3ccc(NC(=O)O)c(F)c3)c2[nH]c1=O. The van der Waals surface area contributed by atoms with E-state index in [1.165, 1.54) is 24.4 Å². The number of carbonyl (C=O) groups is 1. The predicted octanol–water partition coefficient (Wildman–Crippen LogP) is 2.65.